The van der Waals surface area contributed by atoms with Gasteiger partial charge in [-0.25, -0.2) is 14.4 Å². The summed E-state index contributed by atoms with van der Waals surface area (Å²) in [4.78, 5) is 113. The number of aliphatic hydroxyl groups is 2. The molecule has 4 aliphatic rings. The molecule has 62 heavy (non-hydrogen) atoms. The molecule has 3 fully saturated rings. The van der Waals surface area contributed by atoms with Gasteiger partial charge in [0, 0.05) is 52.9 Å². The van der Waals surface area contributed by atoms with Gasteiger partial charge >= 0.3 is 47.8 Å². The number of aromatic nitrogens is 1. The van der Waals surface area contributed by atoms with Crippen molar-refractivity contribution in [1.82, 2.24) is 4.98 Å². The second-order valence-electron chi connectivity index (χ2n) is 16.4. The highest BCUT2D eigenvalue weighted by atomic mass is 16.7. The van der Waals surface area contributed by atoms with E-state index in [0.717, 1.165) is 67.2 Å². The average Bonchev–Trinajstić information content (AvgIpc) is 3.79. The summed E-state index contributed by atoms with van der Waals surface area (Å²) in [6.07, 6.45) is -8.23. The molecule has 2 aromatic rings. The molecule has 1 spiro atoms. The first-order valence-electron chi connectivity index (χ1n) is 19.4. The van der Waals surface area contributed by atoms with Crippen molar-refractivity contribution in [3.63, 3.8) is 0 Å². The first-order chi connectivity index (χ1) is 28.9. The molecule has 2 N–H and O–H groups in total. The Bertz CT molecular complexity index is 2170. The molecule has 2 aliphatic carbocycles. The first-order valence-corrected chi connectivity index (χ1v) is 19.4. The van der Waals surface area contributed by atoms with Crippen LogP contribution in [0.1, 0.15) is 94.5 Å². The first kappa shape index (κ1) is 45.6. The number of nitrogens with zero attached hydrogens (tertiary/aromatic N) is 1. The van der Waals surface area contributed by atoms with Crippen LogP contribution in [0.2, 0.25) is 0 Å². The van der Waals surface area contributed by atoms with Crippen LogP contribution >= 0.6 is 0 Å². The van der Waals surface area contributed by atoms with E-state index in [4.69, 9.17) is 47.0 Å². The molecule has 6 rings (SSSR count). The molecule has 0 aromatic carbocycles. The van der Waals surface area contributed by atoms with Crippen molar-refractivity contribution < 1.29 is 95.6 Å². The Labute approximate surface area is 353 Å². The molecule has 336 valence electrons. The maximum Gasteiger partial charge on any atom is 0.341 e. The Morgan fingerprint density at radius 3 is 1.94 bits per heavy atom. The number of rotatable bonds is 8. The fourth-order valence-corrected chi connectivity index (χ4v) is 9.72. The Kier molecular flexibility index (Phi) is 11.8. The van der Waals surface area contributed by atoms with E-state index in [1.165, 1.54) is 32.2 Å². The highest BCUT2D eigenvalue weighted by Gasteiger charge is 2.92. The lowest BCUT2D eigenvalue weighted by Gasteiger charge is -2.67. The van der Waals surface area contributed by atoms with Gasteiger partial charge in [0.25, 0.3) is 0 Å². The predicted octanol–water partition coefficient (Wildman–Crippen LogP) is 1.04. The monoisotopic (exact) mass is 873 g/mol. The summed E-state index contributed by atoms with van der Waals surface area (Å²) in [5.74, 6) is -12.1. The Morgan fingerprint density at radius 2 is 1.37 bits per heavy atom. The Morgan fingerprint density at radius 1 is 0.806 bits per heavy atom. The number of fused-ring (bicyclic) bond motifs is 5. The number of hydrogen-bond acceptors (Lipinski definition) is 21. The van der Waals surface area contributed by atoms with Crippen LogP contribution in [0, 0.1) is 11.3 Å². The van der Waals surface area contributed by atoms with E-state index in [1.807, 2.05) is 0 Å². The maximum absolute atomic E-state index is 14.6. The van der Waals surface area contributed by atoms with Crippen LogP contribution < -0.4 is 0 Å². The number of ether oxygens (including phenoxy) is 9. The number of carbonyl (C=O) groups excluding carboxylic acids is 8. The number of esters is 8. The smallest absolute Gasteiger partial charge is 0.341 e. The second-order valence-corrected chi connectivity index (χ2v) is 16.4. The van der Waals surface area contributed by atoms with Gasteiger partial charge in [-0.1, -0.05) is 6.92 Å². The quantitative estimate of drug-likeness (QED) is 0.277. The van der Waals surface area contributed by atoms with E-state index in [1.54, 1.807) is 0 Å². The summed E-state index contributed by atoms with van der Waals surface area (Å²) in [6, 6.07) is 2.56. The molecular formula is C41H47NO20. The fourth-order valence-electron chi connectivity index (χ4n) is 9.72. The van der Waals surface area contributed by atoms with Crippen molar-refractivity contribution in [3.05, 3.63) is 53.7 Å². The third-order valence-electron chi connectivity index (χ3n) is 12.3. The molecule has 2 aliphatic heterocycles. The van der Waals surface area contributed by atoms with Crippen LogP contribution in [0.5, 0.6) is 0 Å². The lowest BCUT2D eigenvalue weighted by Crippen LogP contribution is -2.89. The van der Waals surface area contributed by atoms with Gasteiger partial charge in [0.2, 0.25) is 0 Å². The molecule has 0 unspecified atom stereocenters. The highest BCUT2D eigenvalue weighted by molar-refractivity contribution is 5.92. The van der Waals surface area contributed by atoms with Crippen molar-refractivity contribution in [2.45, 2.75) is 127 Å². The zero-order valence-electron chi connectivity index (χ0n) is 35.2. The van der Waals surface area contributed by atoms with Gasteiger partial charge < -0.3 is 57.3 Å². The summed E-state index contributed by atoms with van der Waals surface area (Å²) in [5.41, 5.74) is -13.7. The van der Waals surface area contributed by atoms with E-state index in [9.17, 15) is 48.6 Å². The predicted molar refractivity (Wildman–Crippen MR) is 199 cm³/mol. The lowest BCUT2D eigenvalue weighted by atomic mass is 9.45. The third-order valence-corrected chi connectivity index (χ3v) is 12.3. The van der Waals surface area contributed by atoms with E-state index in [-0.39, 0.29) is 16.7 Å². The van der Waals surface area contributed by atoms with Crippen LogP contribution in [0.3, 0.4) is 0 Å². The zero-order chi connectivity index (χ0) is 45.9. The normalized spacial score (nSPS) is 37.3. The number of hydrogen-bond donors (Lipinski definition) is 2. The SMILES string of the molecule is CC(=O)O[C@@H]1[C@@H]2[C@@H](OC(C)=O)[C@@]34O[C@@]2(C)COC(=O)c2cnccc2[C@H](C)[C@@](C)(O)C(=O)O[C@@H]([C@H](OC(C)=O)[C@H](OC(C)=O)[C@@]3(COC(=O)c2ccoc2)[C@@H]1OC(C)=O)[C@]4(C)O. The van der Waals surface area contributed by atoms with Gasteiger partial charge in [0.05, 0.1) is 23.3 Å². The molecule has 1 saturated heterocycles. The van der Waals surface area contributed by atoms with Crippen LogP contribution in [-0.4, -0.2) is 135 Å². The molecule has 2 saturated carbocycles. The standard InChI is InChI=1S/C41H47NO20/c1-18-25-10-12-42-14-26(25)35(49)54-16-37(7)27-28(56-19(2)43)32(59-22(5)46)40(17-55-34(48)24-11-13-53-15-24)33(60-23(6)47)29(57-20(3)44)31(61-36(50)38(18,8)51)39(9,52)41(40,62-37)30(27)58-21(4)45/h10-15,18,27-33,51-52H,16-17H2,1-9H3/t18-,27+,28+,29-,30+,31-,32+,33-,37-,38+,39-,40+,41-/m0/s1. The topological polar surface area (TPSA) is 286 Å². The molecule has 0 amide bonds. The Hall–Kier alpha value is -5.93. The second kappa shape index (κ2) is 16.1. The van der Waals surface area contributed by atoms with E-state index in [2.05, 4.69) is 4.98 Å². The zero-order valence-corrected chi connectivity index (χ0v) is 35.2. The van der Waals surface area contributed by atoms with E-state index in [0.29, 0.717) is 0 Å². The van der Waals surface area contributed by atoms with Crippen molar-refractivity contribution in [3.8, 4) is 0 Å². The average molecular weight is 874 g/mol. The van der Waals surface area contributed by atoms with Gasteiger partial charge in [0.1, 0.15) is 48.3 Å². The van der Waals surface area contributed by atoms with Crippen molar-refractivity contribution in [2.75, 3.05) is 13.2 Å². The molecule has 13 atom stereocenters. The molecule has 0 radical (unpaired) electrons. The van der Waals surface area contributed by atoms with Gasteiger partial charge in [-0.3, -0.25) is 29.0 Å². The largest absolute Gasteiger partial charge is 0.472 e. The number of furan rings is 1. The number of carbonyl (C=O) groups is 8. The summed E-state index contributed by atoms with van der Waals surface area (Å²) < 4.78 is 59.7. The van der Waals surface area contributed by atoms with Crippen molar-refractivity contribution in [2.24, 2.45) is 11.3 Å². The fraction of sp³-hybridized carbons (Fsp3) is 0.585. The maximum atomic E-state index is 14.6. The molecule has 2 aromatic heterocycles. The highest BCUT2D eigenvalue weighted by Crippen LogP contribution is 2.70. The minimum absolute atomic E-state index is 0.0467. The van der Waals surface area contributed by atoms with Crippen molar-refractivity contribution in [1.29, 1.82) is 0 Å². The Balaban J connectivity index is 1.80. The summed E-state index contributed by atoms with van der Waals surface area (Å²) in [5, 5.41) is 25.6. The molecule has 21 nitrogen and oxygen atoms in total. The van der Waals surface area contributed by atoms with Gasteiger partial charge in [-0.05, 0) is 38.5 Å². The molecule has 21 heteroatoms. The van der Waals surface area contributed by atoms with Crippen LogP contribution in [0.4, 0.5) is 0 Å². The summed E-state index contributed by atoms with van der Waals surface area (Å²) in [7, 11) is 0. The minimum atomic E-state index is -2.99. The molecule has 4 heterocycles. The summed E-state index contributed by atoms with van der Waals surface area (Å²) in [6.45, 7) is 7.47. The molecule has 4 bridgehead atoms. The van der Waals surface area contributed by atoms with E-state index >= 15 is 0 Å². The number of cyclic esters (lactones) is 1. The minimum Gasteiger partial charge on any atom is -0.472 e. The van der Waals surface area contributed by atoms with E-state index < -0.39 is 137 Å². The summed E-state index contributed by atoms with van der Waals surface area (Å²) >= 11 is 0. The van der Waals surface area contributed by atoms with Crippen LogP contribution in [0.25, 0.3) is 0 Å². The molecular weight excluding hydrogens is 826 g/mol. The van der Waals surface area contributed by atoms with Gasteiger partial charge in [-0.15, -0.1) is 0 Å². The lowest BCUT2D eigenvalue weighted by molar-refractivity contribution is -0.387. The van der Waals surface area contributed by atoms with Crippen LogP contribution in [-0.2, 0) is 71.4 Å². The van der Waals surface area contributed by atoms with Crippen LogP contribution in [0.15, 0.2) is 41.5 Å². The third kappa shape index (κ3) is 7.14. The van der Waals surface area contributed by atoms with Gasteiger partial charge in [-0.2, -0.15) is 0 Å². The van der Waals surface area contributed by atoms with Crippen molar-refractivity contribution >= 4 is 47.8 Å². The number of pyridine rings is 1. The van der Waals surface area contributed by atoms with Gasteiger partial charge in [0.15, 0.2) is 35.6 Å².